The first-order valence-electron chi connectivity index (χ1n) is 8.76. The van der Waals surface area contributed by atoms with Gasteiger partial charge in [0.25, 0.3) is 0 Å². The third kappa shape index (κ3) is 3.54. The van der Waals surface area contributed by atoms with Crippen LogP contribution in [0.15, 0.2) is 57.1 Å². The van der Waals surface area contributed by atoms with Crippen molar-refractivity contribution in [1.82, 2.24) is 4.98 Å². The molecule has 4 rings (SSSR count). The molecule has 8 heteroatoms. The van der Waals surface area contributed by atoms with Crippen LogP contribution in [0.3, 0.4) is 0 Å². The van der Waals surface area contributed by atoms with Crippen LogP contribution in [-0.2, 0) is 9.57 Å². The van der Waals surface area contributed by atoms with E-state index >= 15 is 0 Å². The number of ether oxygens (including phenoxy) is 1. The van der Waals surface area contributed by atoms with Crippen LogP contribution >= 0.6 is 15.9 Å². The molecule has 0 amide bonds. The van der Waals surface area contributed by atoms with E-state index in [2.05, 4.69) is 31.1 Å². The first kappa shape index (κ1) is 18.7. The number of rotatable bonds is 7. The highest BCUT2D eigenvalue weighted by atomic mass is 79.9. The van der Waals surface area contributed by atoms with Crippen molar-refractivity contribution in [2.75, 3.05) is 26.4 Å². The molecule has 0 saturated heterocycles. The summed E-state index contributed by atoms with van der Waals surface area (Å²) in [6.07, 6.45) is 0. The molecule has 3 N–H and O–H groups in total. The number of nitrogens with zero attached hydrogens (tertiary/aromatic N) is 2. The molecule has 7 nitrogen and oxygen atoms in total. The number of fused-ring (bicyclic) bond motifs is 2. The van der Waals surface area contributed by atoms with Crippen molar-refractivity contribution in [3.63, 3.8) is 0 Å². The third-order valence-corrected chi connectivity index (χ3v) is 4.80. The van der Waals surface area contributed by atoms with Gasteiger partial charge in [-0.2, -0.15) is 0 Å². The number of benzene rings is 2. The number of hydrogen-bond acceptors (Lipinski definition) is 6. The van der Waals surface area contributed by atoms with E-state index in [4.69, 9.17) is 14.7 Å². The molecule has 3 aromatic rings. The third-order valence-electron chi connectivity index (χ3n) is 4.30. The Morgan fingerprint density at radius 1 is 1.11 bits per heavy atom. The van der Waals surface area contributed by atoms with Gasteiger partial charge < -0.3 is 24.8 Å². The molecule has 0 radical (unpaired) electrons. The molecule has 28 heavy (non-hydrogen) atoms. The number of para-hydroxylation sites is 1. The minimum atomic E-state index is -0.0331. The van der Waals surface area contributed by atoms with Crippen LogP contribution in [-0.4, -0.2) is 53.0 Å². The Labute approximate surface area is 169 Å². The largest absolute Gasteiger partial charge is 0.494 e. The number of nitrogens with one attached hydrogen (secondary N) is 1. The van der Waals surface area contributed by atoms with Gasteiger partial charge in [-0.3, -0.25) is 0 Å². The Balaban J connectivity index is 1.70. The van der Waals surface area contributed by atoms with Gasteiger partial charge in [0, 0.05) is 15.4 Å². The molecule has 144 valence electrons. The summed E-state index contributed by atoms with van der Waals surface area (Å²) in [5.74, 6) is 0.0265. The fourth-order valence-electron chi connectivity index (χ4n) is 3.11. The lowest BCUT2D eigenvalue weighted by molar-refractivity contribution is 0.0355. The van der Waals surface area contributed by atoms with E-state index < -0.39 is 0 Å². The normalized spacial score (nSPS) is 14.5. The number of aromatic amines is 1. The smallest absolute Gasteiger partial charge is 0.199 e. The van der Waals surface area contributed by atoms with Crippen LogP contribution in [0.5, 0.6) is 5.88 Å². The van der Waals surface area contributed by atoms with Crippen molar-refractivity contribution < 1.29 is 19.8 Å². The minimum absolute atomic E-state index is 0.0265. The Kier molecular flexibility index (Phi) is 5.43. The number of aliphatic imine (C=N–C) groups is 1. The lowest BCUT2D eigenvalue weighted by atomic mass is 10.0. The molecule has 0 spiro atoms. The van der Waals surface area contributed by atoms with E-state index in [1.54, 1.807) is 0 Å². The summed E-state index contributed by atoms with van der Waals surface area (Å²) in [6, 6.07) is 13.3. The molecule has 2 heterocycles. The van der Waals surface area contributed by atoms with Crippen LogP contribution in [0, 0.1) is 0 Å². The van der Waals surface area contributed by atoms with Crippen molar-refractivity contribution in [2.45, 2.75) is 0 Å². The fourth-order valence-corrected chi connectivity index (χ4v) is 3.47. The van der Waals surface area contributed by atoms with Crippen LogP contribution < -0.4 is 0 Å². The predicted octanol–water partition coefficient (Wildman–Crippen LogP) is 3.50. The van der Waals surface area contributed by atoms with E-state index in [0.717, 1.165) is 26.6 Å². The molecule has 0 unspecified atom stereocenters. The molecule has 2 aromatic carbocycles. The maximum atomic E-state index is 10.6. The second kappa shape index (κ2) is 8.14. The van der Waals surface area contributed by atoms with Crippen LogP contribution in [0.4, 0.5) is 5.69 Å². The number of aliphatic hydroxyl groups excluding tert-OH is 1. The van der Waals surface area contributed by atoms with Crippen LogP contribution in [0.2, 0.25) is 0 Å². The number of H-pyrrole nitrogens is 1. The quantitative estimate of drug-likeness (QED) is 0.384. The van der Waals surface area contributed by atoms with Crippen molar-refractivity contribution >= 4 is 43.9 Å². The molecule has 0 aliphatic carbocycles. The number of halogens is 1. The van der Waals surface area contributed by atoms with Gasteiger partial charge in [0.05, 0.1) is 36.6 Å². The van der Waals surface area contributed by atoms with Crippen LogP contribution in [0.1, 0.15) is 11.1 Å². The molecule has 0 saturated carbocycles. The topological polar surface area (TPSA) is 99.4 Å². The highest BCUT2D eigenvalue weighted by Crippen LogP contribution is 2.36. The van der Waals surface area contributed by atoms with E-state index in [1.807, 2.05) is 42.5 Å². The fraction of sp³-hybridized carbons (Fsp3) is 0.200. The van der Waals surface area contributed by atoms with Crippen molar-refractivity contribution in [2.24, 2.45) is 10.1 Å². The summed E-state index contributed by atoms with van der Waals surface area (Å²) < 4.78 is 6.09. The molecule has 1 aliphatic heterocycles. The molecular weight excluding hydrogens is 426 g/mol. The molecule has 0 bridgehead atoms. The highest BCUT2D eigenvalue weighted by molar-refractivity contribution is 9.10. The second-order valence-corrected chi connectivity index (χ2v) is 7.04. The zero-order valence-electron chi connectivity index (χ0n) is 14.9. The molecule has 0 fully saturated rings. The monoisotopic (exact) mass is 443 g/mol. The van der Waals surface area contributed by atoms with E-state index in [0.29, 0.717) is 23.6 Å². The van der Waals surface area contributed by atoms with E-state index in [9.17, 15) is 5.11 Å². The number of aliphatic hydroxyl groups is 1. The zero-order valence-corrected chi connectivity index (χ0v) is 16.4. The summed E-state index contributed by atoms with van der Waals surface area (Å²) in [7, 11) is 0. The van der Waals surface area contributed by atoms with Crippen molar-refractivity contribution in [1.29, 1.82) is 0 Å². The predicted molar refractivity (Wildman–Crippen MR) is 111 cm³/mol. The van der Waals surface area contributed by atoms with Gasteiger partial charge in [-0.15, -0.1) is 0 Å². The van der Waals surface area contributed by atoms with Gasteiger partial charge in [-0.25, -0.2) is 4.99 Å². The summed E-state index contributed by atoms with van der Waals surface area (Å²) in [5.41, 5.74) is 4.07. The molecular formula is C20H18BrN3O4. The Morgan fingerprint density at radius 3 is 2.82 bits per heavy atom. The van der Waals surface area contributed by atoms with Gasteiger partial charge in [0.1, 0.15) is 18.0 Å². The summed E-state index contributed by atoms with van der Waals surface area (Å²) in [6.45, 7) is 0.784. The second-order valence-electron chi connectivity index (χ2n) is 6.13. The Hall–Kier alpha value is -2.68. The summed E-state index contributed by atoms with van der Waals surface area (Å²) in [4.78, 5) is 13.1. The van der Waals surface area contributed by atoms with Gasteiger partial charge in [-0.1, -0.05) is 45.4 Å². The van der Waals surface area contributed by atoms with Gasteiger partial charge in [-0.05, 0) is 18.2 Å². The van der Waals surface area contributed by atoms with Gasteiger partial charge in [0.2, 0.25) is 0 Å². The number of aromatic nitrogens is 1. The average molecular weight is 444 g/mol. The number of hydrogen-bond donors (Lipinski definition) is 3. The zero-order chi connectivity index (χ0) is 19.5. The summed E-state index contributed by atoms with van der Waals surface area (Å²) in [5, 5.41) is 24.4. The average Bonchev–Trinajstić information content (AvgIpc) is 3.20. The number of oxime groups is 1. The van der Waals surface area contributed by atoms with E-state index in [1.165, 1.54) is 0 Å². The Bertz CT molecular complexity index is 1070. The highest BCUT2D eigenvalue weighted by Gasteiger charge is 2.29. The summed E-state index contributed by atoms with van der Waals surface area (Å²) >= 11 is 3.44. The van der Waals surface area contributed by atoms with Crippen molar-refractivity contribution in [3.05, 3.63) is 58.1 Å². The molecule has 1 aliphatic rings. The van der Waals surface area contributed by atoms with Crippen molar-refractivity contribution in [3.8, 4) is 5.88 Å². The van der Waals surface area contributed by atoms with Crippen LogP contribution in [0.25, 0.3) is 10.9 Å². The maximum Gasteiger partial charge on any atom is 0.199 e. The minimum Gasteiger partial charge on any atom is -0.494 e. The lowest BCUT2D eigenvalue weighted by Crippen LogP contribution is -2.14. The Morgan fingerprint density at radius 2 is 1.96 bits per heavy atom. The molecule has 0 atom stereocenters. The number of aromatic hydroxyl groups is 1. The lowest BCUT2D eigenvalue weighted by Gasteiger charge is -2.06. The van der Waals surface area contributed by atoms with Gasteiger partial charge in [0.15, 0.2) is 5.88 Å². The maximum absolute atomic E-state index is 10.6. The SMILES string of the molecule is OCCOCCON=C1C(c2c(O)[nH]c3cc(Br)ccc23)=Nc2ccccc21. The molecule has 1 aromatic heterocycles. The standard InChI is InChI=1S/C20H18BrN3O4/c21-12-5-6-13-16(11-12)23-20(26)17(13)19-18(24-28-10-9-27-8-7-25)14-3-1-2-4-15(14)22-19/h1-6,11,23,25-26H,7-10H2. The first-order chi connectivity index (χ1) is 13.7. The first-order valence-corrected chi connectivity index (χ1v) is 9.56. The van der Waals surface area contributed by atoms with Gasteiger partial charge >= 0.3 is 0 Å². The van der Waals surface area contributed by atoms with E-state index in [-0.39, 0.29) is 25.7 Å².